The fraction of sp³-hybridized carbons (Fsp3) is 0.176. The summed E-state index contributed by atoms with van der Waals surface area (Å²) in [5.74, 6) is -0.632. The van der Waals surface area contributed by atoms with Crippen LogP contribution in [0.25, 0.3) is 10.9 Å². The van der Waals surface area contributed by atoms with Crippen LogP contribution in [-0.4, -0.2) is 24.6 Å². The molecule has 0 aliphatic heterocycles. The van der Waals surface area contributed by atoms with E-state index in [9.17, 15) is 17.9 Å². The van der Waals surface area contributed by atoms with Crippen molar-refractivity contribution in [1.29, 1.82) is 0 Å². The number of aliphatic hydroxyl groups excluding tert-OH is 1. The molecule has 0 saturated carbocycles. The monoisotopic (exact) mass is 348 g/mol. The second-order valence-corrected chi connectivity index (χ2v) is 7.30. The molecule has 1 heterocycles. The van der Waals surface area contributed by atoms with Crippen molar-refractivity contribution in [3.8, 4) is 0 Å². The number of hydrogen-bond acceptors (Lipinski definition) is 3. The van der Waals surface area contributed by atoms with Gasteiger partial charge in [0.25, 0.3) is 0 Å². The SMILES string of the molecule is Cn1cc(C(O)CNS(=O)(=O)c2cccc(F)c2)c2ccccc21. The summed E-state index contributed by atoms with van der Waals surface area (Å²) in [5.41, 5.74) is 1.58. The quantitative estimate of drug-likeness (QED) is 0.743. The highest BCUT2D eigenvalue weighted by Crippen LogP contribution is 2.25. The van der Waals surface area contributed by atoms with E-state index in [0.717, 1.165) is 17.0 Å². The third-order valence-electron chi connectivity index (χ3n) is 3.86. The van der Waals surface area contributed by atoms with Crippen molar-refractivity contribution in [2.75, 3.05) is 6.54 Å². The highest BCUT2D eigenvalue weighted by Gasteiger charge is 2.19. The molecule has 0 spiro atoms. The van der Waals surface area contributed by atoms with Crippen molar-refractivity contribution in [2.45, 2.75) is 11.0 Å². The number of aliphatic hydroxyl groups is 1. The number of rotatable bonds is 5. The Morgan fingerprint density at radius 1 is 1.21 bits per heavy atom. The van der Waals surface area contributed by atoms with Crippen molar-refractivity contribution in [1.82, 2.24) is 9.29 Å². The number of sulfonamides is 1. The average molecular weight is 348 g/mol. The number of para-hydroxylation sites is 1. The molecule has 0 aliphatic carbocycles. The van der Waals surface area contributed by atoms with Gasteiger partial charge in [0.05, 0.1) is 11.0 Å². The Bertz CT molecular complexity index is 982. The van der Waals surface area contributed by atoms with Crippen LogP contribution in [0.2, 0.25) is 0 Å². The Balaban J connectivity index is 1.81. The second-order valence-electron chi connectivity index (χ2n) is 5.54. The summed E-state index contributed by atoms with van der Waals surface area (Å²) in [6.45, 7) is -0.202. The number of benzene rings is 2. The van der Waals surface area contributed by atoms with Crippen LogP contribution in [0, 0.1) is 5.82 Å². The molecule has 7 heteroatoms. The van der Waals surface area contributed by atoms with Crippen LogP contribution in [0.1, 0.15) is 11.7 Å². The van der Waals surface area contributed by atoms with Crippen LogP contribution in [0.4, 0.5) is 4.39 Å². The highest BCUT2D eigenvalue weighted by atomic mass is 32.2. The predicted molar refractivity (Wildman–Crippen MR) is 89.5 cm³/mol. The Morgan fingerprint density at radius 2 is 1.96 bits per heavy atom. The number of halogens is 1. The fourth-order valence-electron chi connectivity index (χ4n) is 2.65. The molecule has 126 valence electrons. The first kappa shape index (κ1) is 16.6. The van der Waals surface area contributed by atoms with Crippen molar-refractivity contribution in [2.24, 2.45) is 7.05 Å². The van der Waals surface area contributed by atoms with Gasteiger partial charge in [0, 0.05) is 36.3 Å². The minimum Gasteiger partial charge on any atom is -0.387 e. The van der Waals surface area contributed by atoms with E-state index < -0.39 is 21.9 Å². The van der Waals surface area contributed by atoms with E-state index in [1.165, 1.54) is 18.2 Å². The number of nitrogens with zero attached hydrogens (tertiary/aromatic N) is 1. The summed E-state index contributed by atoms with van der Waals surface area (Å²) >= 11 is 0. The van der Waals surface area contributed by atoms with Gasteiger partial charge in [-0.25, -0.2) is 17.5 Å². The molecule has 3 aromatic rings. The Kier molecular flexibility index (Phi) is 4.40. The second kappa shape index (κ2) is 6.35. The fourth-order valence-corrected chi connectivity index (χ4v) is 3.72. The number of fused-ring (bicyclic) bond motifs is 1. The number of aromatic nitrogens is 1. The molecule has 3 rings (SSSR count). The molecule has 1 atom stereocenters. The molecular weight excluding hydrogens is 331 g/mol. The van der Waals surface area contributed by atoms with Crippen LogP contribution < -0.4 is 4.72 Å². The van der Waals surface area contributed by atoms with Gasteiger partial charge < -0.3 is 9.67 Å². The van der Waals surface area contributed by atoms with Gasteiger partial charge in [0.15, 0.2) is 0 Å². The number of hydrogen-bond donors (Lipinski definition) is 2. The standard InChI is InChI=1S/C17H17FN2O3S/c1-20-11-15(14-7-2-3-8-16(14)20)17(21)10-19-24(22,23)13-6-4-5-12(18)9-13/h2-9,11,17,19,21H,10H2,1H3. The maximum absolute atomic E-state index is 13.2. The number of aryl methyl sites for hydroxylation is 1. The molecule has 24 heavy (non-hydrogen) atoms. The zero-order valence-corrected chi connectivity index (χ0v) is 13.8. The lowest BCUT2D eigenvalue weighted by Crippen LogP contribution is -2.28. The lowest BCUT2D eigenvalue weighted by molar-refractivity contribution is 0.183. The Labute approximate surface area is 139 Å². The van der Waals surface area contributed by atoms with Gasteiger partial charge in [0.2, 0.25) is 10.0 Å². The lowest BCUT2D eigenvalue weighted by atomic mass is 10.1. The number of nitrogens with one attached hydrogen (secondary N) is 1. The third-order valence-corrected chi connectivity index (χ3v) is 5.28. The van der Waals surface area contributed by atoms with Crippen LogP contribution in [0.5, 0.6) is 0 Å². The zero-order chi connectivity index (χ0) is 17.3. The molecule has 0 saturated heterocycles. The largest absolute Gasteiger partial charge is 0.387 e. The van der Waals surface area contributed by atoms with Crippen molar-refractivity contribution >= 4 is 20.9 Å². The summed E-state index contributed by atoms with van der Waals surface area (Å²) in [4.78, 5) is -0.174. The molecule has 0 bridgehead atoms. The van der Waals surface area contributed by atoms with Crippen LogP contribution in [-0.2, 0) is 17.1 Å². The van der Waals surface area contributed by atoms with Crippen molar-refractivity contribution < 1.29 is 17.9 Å². The Morgan fingerprint density at radius 3 is 2.71 bits per heavy atom. The maximum Gasteiger partial charge on any atom is 0.240 e. The molecule has 1 aromatic heterocycles. The van der Waals surface area contributed by atoms with Gasteiger partial charge in [0.1, 0.15) is 5.82 Å². The first-order valence-electron chi connectivity index (χ1n) is 7.36. The summed E-state index contributed by atoms with van der Waals surface area (Å²) in [5, 5.41) is 11.2. The summed E-state index contributed by atoms with van der Waals surface area (Å²) in [6.07, 6.45) is 0.755. The molecular formula is C17H17FN2O3S. The smallest absolute Gasteiger partial charge is 0.240 e. The molecule has 0 fully saturated rings. The van der Waals surface area contributed by atoms with Crippen molar-refractivity contribution in [3.63, 3.8) is 0 Å². The van der Waals surface area contributed by atoms with Gasteiger partial charge in [-0.3, -0.25) is 0 Å². The van der Waals surface area contributed by atoms with E-state index in [1.807, 2.05) is 35.9 Å². The van der Waals surface area contributed by atoms with Crippen molar-refractivity contribution in [3.05, 3.63) is 66.1 Å². The average Bonchev–Trinajstić information content (AvgIpc) is 2.90. The minimum absolute atomic E-state index is 0.174. The van der Waals surface area contributed by atoms with Gasteiger partial charge in [-0.05, 0) is 24.3 Å². The van der Waals surface area contributed by atoms with Crippen LogP contribution >= 0.6 is 0 Å². The van der Waals surface area contributed by atoms with E-state index in [0.29, 0.717) is 5.56 Å². The van der Waals surface area contributed by atoms with E-state index in [4.69, 9.17) is 0 Å². The topological polar surface area (TPSA) is 71.3 Å². The zero-order valence-electron chi connectivity index (χ0n) is 13.0. The maximum atomic E-state index is 13.2. The summed E-state index contributed by atoms with van der Waals surface area (Å²) in [6, 6.07) is 12.3. The molecule has 2 N–H and O–H groups in total. The summed E-state index contributed by atoms with van der Waals surface area (Å²) in [7, 11) is -2.03. The normalized spacial score (nSPS) is 13.3. The predicted octanol–water partition coefficient (Wildman–Crippen LogP) is 2.33. The molecule has 2 aromatic carbocycles. The van der Waals surface area contributed by atoms with Gasteiger partial charge in [-0.15, -0.1) is 0 Å². The molecule has 0 radical (unpaired) electrons. The third kappa shape index (κ3) is 3.19. The molecule has 0 amide bonds. The first-order valence-corrected chi connectivity index (χ1v) is 8.84. The highest BCUT2D eigenvalue weighted by molar-refractivity contribution is 7.89. The van der Waals surface area contributed by atoms with Gasteiger partial charge in [-0.2, -0.15) is 0 Å². The van der Waals surface area contributed by atoms with Crippen LogP contribution in [0.3, 0.4) is 0 Å². The Hall–Kier alpha value is -2.22. The van der Waals surface area contributed by atoms with E-state index >= 15 is 0 Å². The van der Waals surface area contributed by atoms with E-state index in [-0.39, 0.29) is 11.4 Å². The minimum atomic E-state index is -3.89. The van der Waals surface area contributed by atoms with E-state index in [2.05, 4.69) is 4.72 Å². The lowest BCUT2D eigenvalue weighted by Gasteiger charge is -2.12. The van der Waals surface area contributed by atoms with Crippen LogP contribution in [0.15, 0.2) is 59.6 Å². The summed E-state index contributed by atoms with van der Waals surface area (Å²) < 4.78 is 41.8. The molecule has 0 aliphatic rings. The van der Waals surface area contributed by atoms with Gasteiger partial charge >= 0.3 is 0 Å². The molecule has 5 nitrogen and oxygen atoms in total. The first-order chi connectivity index (χ1) is 11.4. The van der Waals surface area contributed by atoms with E-state index in [1.54, 1.807) is 6.20 Å². The molecule has 1 unspecified atom stereocenters. The van der Waals surface area contributed by atoms with Gasteiger partial charge in [-0.1, -0.05) is 24.3 Å².